The number of aromatic nitrogens is 1. The number of alkyl halides is 1. The van der Waals surface area contributed by atoms with Crippen molar-refractivity contribution in [1.82, 2.24) is 10.3 Å². The third-order valence-electron chi connectivity index (χ3n) is 2.47. The third-order valence-corrected chi connectivity index (χ3v) is 3.80. The Morgan fingerprint density at radius 1 is 1.62 bits per heavy atom. The van der Waals surface area contributed by atoms with Gasteiger partial charge < -0.3 is 5.32 Å². The maximum atomic E-state index is 11.9. The van der Waals surface area contributed by atoms with Crippen LogP contribution in [0.3, 0.4) is 0 Å². The lowest BCUT2D eigenvalue weighted by Gasteiger charge is -2.19. The topological polar surface area (TPSA) is 42.0 Å². The van der Waals surface area contributed by atoms with E-state index in [2.05, 4.69) is 33.2 Å². The van der Waals surface area contributed by atoms with Crippen LogP contribution in [0.4, 0.5) is 0 Å². The van der Waals surface area contributed by atoms with Crippen LogP contribution >= 0.6 is 27.5 Å². The summed E-state index contributed by atoms with van der Waals surface area (Å²) in [7, 11) is 0. The maximum Gasteiger partial charge on any atom is 0.253 e. The highest BCUT2D eigenvalue weighted by atomic mass is 79.9. The minimum atomic E-state index is -0.160. The summed E-state index contributed by atoms with van der Waals surface area (Å²) in [5.74, 6) is 0.206. The predicted molar refractivity (Wildman–Crippen MR) is 69.1 cm³/mol. The Morgan fingerprint density at radius 2 is 2.31 bits per heavy atom. The molecule has 1 aromatic heterocycles. The van der Waals surface area contributed by atoms with E-state index in [9.17, 15) is 4.79 Å². The van der Waals surface area contributed by atoms with Crippen LogP contribution < -0.4 is 5.32 Å². The molecule has 1 N–H and O–H groups in total. The first-order valence-corrected chi connectivity index (χ1v) is 6.52. The molecule has 0 saturated carbocycles. The highest BCUT2D eigenvalue weighted by Gasteiger charge is 2.16. The Kier molecular flexibility index (Phi) is 5.22. The zero-order valence-electron chi connectivity index (χ0n) is 9.21. The second-order valence-corrected chi connectivity index (χ2v) is 4.80. The molecular weight excluding hydrogens is 291 g/mol. The molecule has 0 aromatic carbocycles. The van der Waals surface area contributed by atoms with Gasteiger partial charge >= 0.3 is 0 Å². The van der Waals surface area contributed by atoms with Gasteiger partial charge in [0.1, 0.15) is 0 Å². The van der Waals surface area contributed by atoms with E-state index < -0.39 is 0 Å². The Morgan fingerprint density at radius 3 is 2.88 bits per heavy atom. The van der Waals surface area contributed by atoms with Gasteiger partial charge in [0.15, 0.2) is 0 Å². The van der Waals surface area contributed by atoms with E-state index in [1.54, 1.807) is 12.3 Å². The van der Waals surface area contributed by atoms with Crippen molar-refractivity contribution in [3.8, 4) is 0 Å². The Bertz CT molecular complexity index is 373. The second kappa shape index (κ2) is 6.21. The molecule has 1 aromatic rings. The summed E-state index contributed by atoms with van der Waals surface area (Å²) in [6.07, 6.45) is 3.02. The number of carbonyl (C=O) groups is 1. The molecule has 1 amide bonds. The van der Waals surface area contributed by atoms with Crippen LogP contribution in [0.15, 0.2) is 18.5 Å². The second-order valence-electron chi connectivity index (χ2n) is 3.75. The highest BCUT2D eigenvalue weighted by molar-refractivity contribution is 9.09. The van der Waals surface area contributed by atoms with Gasteiger partial charge in [-0.1, -0.05) is 34.5 Å². The summed E-state index contributed by atoms with van der Waals surface area (Å²) >= 11 is 9.27. The molecule has 5 heteroatoms. The fraction of sp³-hybridized carbons (Fsp3) is 0.455. The first-order chi connectivity index (χ1) is 7.56. The largest absolute Gasteiger partial charge is 0.349 e. The van der Waals surface area contributed by atoms with E-state index in [-0.39, 0.29) is 11.9 Å². The number of carbonyl (C=O) groups excluding carboxylic acids is 1. The van der Waals surface area contributed by atoms with Crippen molar-refractivity contribution in [1.29, 1.82) is 0 Å². The van der Waals surface area contributed by atoms with Crippen LogP contribution in [0.5, 0.6) is 0 Å². The lowest BCUT2D eigenvalue weighted by Crippen LogP contribution is -2.37. The summed E-state index contributed by atoms with van der Waals surface area (Å²) in [5, 5.41) is 4.13. The van der Waals surface area contributed by atoms with Crippen molar-refractivity contribution in [2.24, 2.45) is 5.92 Å². The van der Waals surface area contributed by atoms with Crippen molar-refractivity contribution in [3.05, 3.63) is 29.0 Å². The van der Waals surface area contributed by atoms with E-state index in [1.165, 1.54) is 6.20 Å². The number of hydrogen-bond donors (Lipinski definition) is 1. The molecule has 0 saturated heterocycles. The molecule has 1 rings (SSSR count). The molecule has 0 aliphatic rings. The van der Waals surface area contributed by atoms with Crippen LogP contribution in [0, 0.1) is 5.92 Å². The molecule has 3 nitrogen and oxygen atoms in total. The molecule has 2 unspecified atom stereocenters. The van der Waals surface area contributed by atoms with E-state index in [4.69, 9.17) is 11.6 Å². The molecule has 0 fully saturated rings. The van der Waals surface area contributed by atoms with Gasteiger partial charge in [0.2, 0.25) is 0 Å². The van der Waals surface area contributed by atoms with Gasteiger partial charge in [-0.05, 0) is 18.9 Å². The number of amides is 1. The minimum absolute atomic E-state index is 0.0936. The number of rotatable bonds is 4. The highest BCUT2D eigenvalue weighted by Crippen LogP contribution is 2.14. The minimum Gasteiger partial charge on any atom is -0.349 e. The van der Waals surface area contributed by atoms with Gasteiger partial charge in [0.25, 0.3) is 5.91 Å². The number of nitrogens with zero attached hydrogens (tertiary/aromatic N) is 1. The van der Waals surface area contributed by atoms with Crippen molar-refractivity contribution in [2.45, 2.75) is 19.9 Å². The van der Waals surface area contributed by atoms with Crippen LogP contribution in [0.1, 0.15) is 24.2 Å². The Labute approximate surface area is 109 Å². The summed E-state index contributed by atoms with van der Waals surface area (Å²) in [5.41, 5.74) is 0.463. The monoisotopic (exact) mass is 304 g/mol. The normalized spacial score (nSPS) is 14.2. The van der Waals surface area contributed by atoms with Crippen LogP contribution in [0.2, 0.25) is 5.02 Å². The number of halogens is 2. The number of hydrogen-bond acceptors (Lipinski definition) is 2. The summed E-state index contributed by atoms with van der Waals surface area (Å²) < 4.78 is 0. The molecule has 2 atom stereocenters. The van der Waals surface area contributed by atoms with Gasteiger partial charge in [-0.25, -0.2) is 0 Å². The smallest absolute Gasteiger partial charge is 0.253 e. The molecule has 0 aliphatic carbocycles. The quantitative estimate of drug-likeness (QED) is 0.869. The van der Waals surface area contributed by atoms with Gasteiger partial charge in [-0.3, -0.25) is 9.78 Å². The summed E-state index contributed by atoms with van der Waals surface area (Å²) in [6.45, 7) is 4.03. The summed E-state index contributed by atoms with van der Waals surface area (Å²) in [6, 6.07) is 1.71. The average Bonchev–Trinajstić information content (AvgIpc) is 2.28. The zero-order chi connectivity index (χ0) is 12.1. The maximum absolute atomic E-state index is 11.9. The van der Waals surface area contributed by atoms with E-state index in [0.717, 1.165) is 5.33 Å². The van der Waals surface area contributed by atoms with Crippen LogP contribution in [-0.2, 0) is 0 Å². The zero-order valence-corrected chi connectivity index (χ0v) is 11.5. The van der Waals surface area contributed by atoms with Crippen molar-refractivity contribution in [3.63, 3.8) is 0 Å². The standard InChI is InChI=1S/C11H14BrClN2O/c1-7(5-12)8(2)15-11(16)9-3-4-14-6-10(9)13/h3-4,6-8H,5H2,1-2H3,(H,15,16). The molecule has 0 spiro atoms. The van der Waals surface area contributed by atoms with Crippen molar-refractivity contribution >= 4 is 33.4 Å². The van der Waals surface area contributed by atoms with Crippen molar-refractivity contribution < 1.29 is 4.79 Å². The molecule has 16 heavy (non-hydrogen) atoms. The van der Waals surface area contributed by atoms with Crippen molar-refractivity contribution in [2.75, 3.05) is 5.33 Å². The van der Waals surface area contributed by atoms with Gasteiger partial charge in [-0.15, -0.1) is 0 Å². The van der Waals surface area contributed by atoms with Gasteiger partial charge in [0.05, 0.1) is 10.6 Å². The fourth-order valence-corrected chi connectivity index (χ4v) is 1.89. The Hall–Kier alpha value is -0.610. The summed E-state index contributed by atoms with van der Waals surface area (Å²) in [4.78, 5) is 15.7. The SMILES string of the molecule is CC(CBr)C(C)NC(=O)c1ccncc1Cl. The lowest BCUT2D eigenvalue weighted by molar-refractivity contribution is 0.0931. The molecule has 1 heterocycles. The molecule has 0 radical (unpaired) electrons. The number of nitrogens with one attached hydrogen (secondary N) is 1. The van der Waals surface area contributed by atoms with Crippen LogP contribution in [0.25, 0.3) is 0 Å². The van der Waals surface area contributed by atoms with Gasteiger partial charge in [-0.2, -0.15) is 0 Å². The molecular formula is C11H14BrClN2O. The lowest BCUT2D eigenvalue weighted by atomic mass is 10.1. The first-order valence-electron chi connectivity index (χ1n) is 5.02. The fourth-order valence-electron chi connectivity index (χ4n) is 1.12. The molecule has 88 valence electrons. The molecule has 0 bridgehead atoms. The first kappa shape index (κ1) is 13.5. The van der Waals surface area contributed by atoms with Crippen LogP contribution in [-0.4, -0.2) is 22.3 Å². The average molecular weight is 306 g/mol. The third kappa shape index (κ3) is 3.46. The van der Waals surface area contributed by atoms with E-state index in [1.807, 2.05) is 6.92 Å². The number of pyridine rings is 1. The van der Waals surface area contributed by atoms with Gasteiger partial charge in [0, 0.05) is 23.8 Å². The van der Waals surface area contributed by atoms with E-state index >= 15 is 0 Å². The molecule has 0 aliphatic heterocycles. The Balaban J connectivity index is 2.70. The predicted octanol–water partition coefficient (Wildman–Crippen LogP) is 2.88. The van der Waals surface area contributed by atoms with E-state index in [0.29, 0.717) is 16.5 Å².